The number of nitrogens with zero attached hydrogens (tertiary/aromatic N) is 1. The number of carbonyl (C=O) groups excluding carboxylic acids is 1. The summed E-state index contributed by atoms with van der Waals surface area (Å²) in [6, 6.07) is -1.27. The smallest absolute Gasteiger partial charge is 0.211 e. The molecule has 0 fully saturated rings. The van der Waals surface area contributed by atoms with E-state index in [4.69, 9.17) is 0 Å². The first kappa shape index (κ1) is 8.24. The molecule has 0 amide bonds. The lowest BCUT2D eigenvalue weighted by Crippen LogP contribution is -2.24. The van der Waals surface area contributed by atoms with Gasteiger partial charge in [-0.05, 0) is 6.92 Å². The molecule has 0 rings (SSSR count). The van der Waals surface area contributed by atoms with Gasteiger partial charge in [0.2, 0.25) is 6.08 Å². The van der Waals surface area contributed by atoms with E-state index in [0.717, 1.165) is 13.0 Å². The van der Waals surface area contributed by atoms with E-state index < -0.39 is 12.0 Å². The molecule has 0 aromatic heterocycles. The number of hydrogen-bond acceptors (Lipinski definition) is 2. The van der Waals surface area contributed by atoms with Crippen molar-refractivity contribution in [3.8, 4) is 0 Å². The third kappa shape index (κ3) is 2.93. The Balaban J connectivity index is 4.03. The molecule has 0 aromatic rings. The second-order valence-electron chi connectivity index (χ2n) is 1.85. The normalized spacial score (nSPS) is 14.2. The molecule has 0 aliphatic carbocycles. The number of hydrogen-bond donors (Lipinski definition) is 0. The highest BCUT2D eigenvalue weighted by molar-refractivity contribution is 5.33. The first-order chi connectivity index (χ1) is 3.98. The summed E-state index contributed by atoms with van der Waals surface area (Å²) in [4.78, 5) is 12.3. The Kier molecular flexibility index (Phi) is 2.46. The van der Waals surface area contributed by atoms with Gasteiger partial charge in [-0.1, -0.05) is 0 Å². The average Bonchev–Trinajstić information content (AvgIpc) is 1.64. The SMILES string of the molecule is CC(N=C=O)C(C)(F)F. The van der Waals surface area contributed by atoms with Crippen LogP contribution in [-0.4, -0.2) is 18.0 Å². The molecule has 0 saturated heterocycles. The van der Waals surface area contributed by atoms with E-state index in [9.17, 15) is 13.6 Å². The molecule has 9 heavy (non-hydrogen) atoms. The fourth-order valence-electron chi connectivity index (χ4n) is 0.192. The summed E-state index contributed by atoms with van der Waals surface area (Å²) in [5.74, 6) is -2.92. The first-order valence-corrected chi connectivity index (χ1v) is 2.43. The topological polar surface area (TPSA) is 29.4 Å². The zero-order valence-corrected chi connectivity index (χ0v) is 5.19. The second kappa shape index (κ2) is 2.69. The summed E-state index contributed by atoms with van der Waals surface area (Å²) in [5, 5.41) is 0. The molecule has 0 aliphatic heterocycles. The summed E-state index contributed by atoms with van der Waals surface area (Å²) in [6.45, 7) is 1.86. The van der Waals surface area contributed by atoms with Crippen LogP contribution in [0.15, 0.2) is 4.99 Å². The van der Waals surface area contributed by atoms with Crippen molar-refractivity contribution in [3.63, 3.8) is 0 Å². The molecule has 0 aromatic carbocycles. The van der Waals surface area contributed by atoms with Crippen LogP contribution in [-0.2, 0) is 4.79 Å². The Morgan fingerprint density at radius 1 is 1.67 bits per heavy atom. The largest absolute Gasteiger partial charge is 0.267 e. The molecule has 0 radical (unpaired) electrons. The first-order valence-electron chi connectivity index (χ1n) is 2.43. The third-order valence-electron chi connectivity index (χ3n) is 0.980. The summed E-state index contributed by atoms with van der Waals surface area (Å²) in [6.07, 6.45) is 1.07. The number of aliphatic imine (C=N–C) groups is 1. The summed E-state index contributed by atoms with van der Waals surface area (Å²) in [5.41, 5.74) is 0. The lowest BCUT2D eigenvalue weighted by atomic mass is 10.2. The van der Waals surface area contributed by atoms with Crippen molar-refractivity contribution < 1.29 is 13.6 Å². The zero-order valence-electron chi connectivity index (χ0n) is 5.19. The molecule has 1 unspecified atom stereocenters. The van der Waals surface area contributed by atoms with Crippen LogP contribution in [0.4, 0.5) is 8.78 Å². The van der Waals surface area contributed by atoms with Crippen molar-refractivity contribution in [3.05, 3.63) is 0 Å². The van der Waals surface area contributed by atoms with Crippen molar-refractivity contribution in [1.82, 2.24) is 0 Å². The van der Waals surface area contributed by atoms with Gasteiger partial charge < -0.3 is 0 Å². The Labute approximate surface area is 51.6 Å². The lowest BCUT2D eigenvalue weighted by Gasteiger charge is -2.11. The van der Waals surface area contributed by atoms with E-state index in [2.05, 4.69) is 4.99 Å². The van der Waals surface area contributed by atoms with E-state index in [1.807, 2.05) is 0 Å². The van der Waals surface area contributed by atoms with Crippen LogP contribution < -0.4 is 0 Å². The molecule has 2 nitrogen and oxygen atoms in total. The highest BCUT2D eigenvalue weighted by Crippen LogP contribution is 2.18. The van der Waals surface area contributed by atoms with Crippen LogP contribution in [0.5, 0.6) is 0 Å². The highest BCUT2D eigenvalue weighted by atomic mass is 19.3. The molecule has 4 heteroatoms. The molecule has 0 N–H and O–H groups in total. The van der Waals surface area contributed by atoms with Gasteiger partial charge in [-0.3, -0.25) is 0 Å². The summed E-state index contributed by atoms with van der Waals surface area (Å²) >= 11 is 0. The van der Waals surface area contributed by atoms with E-state index in [0.29, 0.717) is 6.92 Å². The van der Waals surface area contributed by atoms with Crippen LogP contribution in [0.25, 0.3) is 0 Å². The molecule has 0 bridgehead atoms. The summed E-state index contributed by atoms with van der Waals surface area (Å²) < 4.78 is 24.1. The van der Waals surface area contributed by atoms with Crippen molar-refractivity contribution >= 4 is 6.08 Å². The van der Waals surface area contributed by atoms with Crippen LogP contribution in [0.1, 0.15) is 13.8 Å². The maximum Gasteiger partial charge on any atom is 0.267 e. The van der Waals surface area contributed by atoms with Crippen LogP contribution in [0.3, 0.4) is 0 Å². The molecule has 0 heterocycles. The van der Waals surface area contributed by atoms with E-state index >= 15 is 0 Å². The Morgan fingerprint density at radius 3 is 2.22 bits per heavy atom. The van der Waals surface area contributed by atoms with Crippen LogP contribution >= 0.6 is 0 Å². The van der Waals surface area contributed by atoms with E-state index in [-0.39, 0.29) is 0 Å². The van der Waals surface area contributed by atoms with Gasteiger partial charge in [0.05, 0.1) is 0 Å². The molecule has 0 aliphatic rings. The minimum Gasteiger partial charge on any atom is -0.211 e. The molecule has 52 valence electrons. The maximum atomic E-state index is 12.0. The highest BCUT2D eigenvalue weighted by Gasteiger charge is 2.29. The van der Waals surface area contributed by atoms with Crippen molar-refractivity contribution in [2.24, 2.45) is 4.99 Å². The second-order valence-corrected chi connectivity index (χ2v) is 1.85. The fraction of sp³-hybridized carbons (Fsp3) is 0.800. The van der Waals surface area contributed by atoms with Gasteiger partial charge in [0.1, 0.15) is 6.04 Å². The number of rotatable bonds is 2. The molecule has 1 atom stereocenters. The number of isocyanates is 1. The number of alkyl halides is 2. The zero-order chi connectivity index (χ0) is 7.49. The number of halogens is 2. The Bertz CT molecular complexity index is 134. The maximum absolute atomic E-state index is 12.0. The monoisotopic (exact) mass is 135 g/mol. The van der Waals surface area contributed by atoms with Gasteiger partial charge >= 0.3 is 0 Å². The third-order valence-corrected chi connectivity index (χ3v) is 0.980. The Morgan fingerprint density at radius 2 is 2.11 bits per heavy atom. The average molecular weight is 135 g/mol. The molecular weight excluding hydrogens is 128 g/mol. The minimum absolute atomic E-state index is 0.707. The van der Waals surface area contributed by atoms with E-state index in [1.54, 1.807) is 0 Å². The van der Waals surface area contributed by atoms with Gasteiger partial charge in [-0.25, -0.2) is 13.6 Å². The quantitative estimate of drug-likeness (QED) is 0.415. The van der Waals surface area contributed by atoms with Crippen LogP contribution in [0.2, 0.25) is 0 Å². The fourth-order valence-corrected chi connectivity index (χ4v) is 0.192. The summed E-state index contributed by atoms with van der Waals surface area (Å²) in [7, 11) is 0. The minimum atomic E-state index is -2.92. The van der Waals surface area contributed by atoms with Crippen molar-refractivity contribution in [2.45, 2.75) is 25.8 Å². The predicted molar refractivity (Wildman–Crippen MR) is 28.2 cm³/mol. The lowest BCUT2D eigenvalue weighted by molar-refractivity contribution is 0.00133. The molecule has 0 spiro atoms. The van der Waals surface area contributed by atoms with Crippen LogP contribution in [0, 0.1) is 0 Å². The van der Waals surface area contributed by atoms with Gasteiger partial charge in [-0.15, -0.1) is 0 Å². The van der Waals surface area contributed by atoms with Gasteiger partial charge in [-0.2, -0.15) is 4.99 Å². The van der Waals surface area contributed by atoms with Crippen molar-refractivity contribution in [2.75, 3.05) is 0 Å². The van der Waals surface area contributed by atoms with Gasteiger partial charge in [0, 0.05) is 6.92 Å². The Hall–Kier alpha value is -0.760. The van der Waals surface area contributed by atoms with E-state index in [1.165, 1.54) is 0 Å². The predicted octanol–water partition coefficient (Wildman–Crippen LogP) is 1.37. The molecular formula is C5H7F2NO. The molecule has 0 saturated carbocycles. The van der Waals surface area contributed by atoms with Crippen molar-refractivity contribution in [1.29, 1.82) is 0 Å². The van der Waals surface area contributed by atoms with Gasteiger partial charge in [0.15, 0.2) is 0 Å². The van der Waals surface area contributed by atoms with Gasteiger partial charge in [0.25, 0.3) is 5.92 Å². The standard InChI is InChI=1S/C5H7F2NO/c1-4(8-3-9)5(2,6)7/h4H,1-2H3.